The fourth-order valence-electron chi connectivity index (χ4n) is 2.47. The molecule has 0 spiro atoms. The predicted octanol–water partition coefficient (Wildman–Crippen LogP) is 1.88. The highest BCUT2D eigenvalue weighted by atomic mass is 19.1. The van der Waals surface area contributed by atoms with Gasteiger partial charge in [-0.3, -0.25) is 0 Å². The summed E-state index contributed by atoms with van der Waals surface area (Å²) >= 11 is 0. The number of benzene rings is 1. The molecule has 0 aromatic heterocycles. The highest BCUT2D eigenvalue weighted by Crippen LogP contribution is 2.14. The van der Waals surface area contributed by atoms with E-state index in [-0.39, 0.29) is 24.4 Å². The van der Waals surface area contributed by atoms with Crippen molar-refractivity contribution in [1.29, 1.82) is 0 Å². The van der Waals surface area contributed by atoms with E-state index in [0.29, 0.717) is 12.1 Å². The number of hydrogen-bond acceptors (Lipinski definition) is 4. The van der Waals surface area contributed by atoms with Crippen molar-refractivity contribution in [2.24, 2.45) is 5.41 Å². The topological polar surface area (TPSA) is 44.7 Å². The van der Waals surface area contributed by atoms with E-state index >= 15 is 0 Å². The van der Waals surface area contributed by atoms with Crippen LogP contribution in [-0.2, 0) is 11.3 Å². The zero-order chi connectivity index (χ0) is 16.6. The predicted molar refractivity (Wildman–Crippen MR) is 87.3 cm³/mol. The molecule has 0 radical (unpaired) electrons. The maximum Gasteiger partial charge on any atom is 0.128 e. The molecule has 0 heterocycles. The van der Waals surface area contributed by atoms with Crippen molar-refractivity contribution in [3.05, 3.63) is 35.6 Å². The number of aliphatic hydroxyl groups is 1. The summed E-state index contributed by atoms with van der Waals surface area (Å²) in [4.78, 5) is 2.15. The molecule has 0 aliphatic heterocycles. The third-order valence-electron chi connectivity index (χ3n) is 3.25. The number of ether oxygens (including phenoxy) is 1. The zero-order valence-corrected chi connectivity index (χ0v) is 14.1. The van der Waals surface area contributed by atoms with Gasteiger partial charge in [0.15, 0.2) is 0 Å². The summed E-state index contributed by atoms with van der Waals surface area (Å²) in [6, 6.07) is 6.51. The number of aliphatic hydroxyl groups excluding tert-OH is 1. The van der Waals surface area contributed by atoms with Crippen molar-refractivity contribution in [3.63, 3.8) is 0 Å². The SMILES string of the molecule is CN(C)CC(C)(C)CNC[C@H](O)COCc1ccccc1F. The van der Waals surface area contributed by atoms with Crippen molar-refractivity contribution in [2.75, 3.05) is 40.3 Å². The van der Waals surface area contributed by atoms with E-state index in [2.05, 4.69) is 24.1 Å². The fraction of sp³-hybridized carbons (Fsp3) is 0.647. The molecule has 0 saturated carbocycles. The minimum absolute atomic E-state index is 0.136. The Kier molecular flexibility index (Phi) is 7.96. The third kappa shape index (κ3) is 7.84. The molecule has 0 bridgehead atoms. The van der Waals surface area contributed by atoms with E-state index in [9.17, 15) is 9.50 Å². The normalized spacial score (nSPS) is 13.6. The van der Waals surface area contributed by atoms with Crippen LogP contribution in [0.3, 0.4) is 0 Å². The Balaban J connectivity index is 2.19. The molecule has 0 aliphatic rings. The lowest BCUT2D eigenvalue weighted by Crippen LogP contribution is -2.40. The molecular formula is C17H29FN2O2. The van der Waals surface area contributed by atoms with Crippen molar-refractivity contribution in [3.8, 4) is 0 Å². The van der Waals surface area contributed by atoms with Gasteiger partial charge in [0.25, 0.3) is 0 Å². The molecule has 0 amide bonds. The highest BCUT2D eigenvalue weighted by molar-refractivity contribution is 5.16. The lowest BCUT2D eigenvalue weighted by molar-refractivity contribution is 0.0266. The molecule has 0 fully saturated rings. The van der Waals surface area contributed by atoms with Crippen LogP contribution in [0.25, 0.3) is 0 Å². The first kappa shape index (κ1) is 19.0. The van der Waals surface area contributed by atoms with Gasteiger partial charge in [0.1, 0.15) is 5.82 Å². The number of nitrogens with one attached hydrogen (secondary N) is 1. The number of nitrogens with zero attached hydrogens (tertiary/aromatic N) is 1. The summed E-state index contributed by atoms with van der Waals surface area (Å²) in [6.07, 6.45) is -0.595. The van der Waals surface area contributed by atoms with Crippen LogP contribution in [-0.4, -0.2) is 56.4 Å². The molecular weight excluding hydrogens is 283 g/mol. The lowest BCUT2D eigenvalue weighted by atomic mass is 9.93. The Morgan fingerprint density at radius 3 is 2.64 bits per heavy atom. The fourth-order valence-corrected chi connectivity index (χ4v) is 2.47. The van der Waals surface area contributed by atoms with Crippen molar-refractivity contribution in [2.45, 2.75) is 26.6 Å². The van der Waals surface area contributed by atoms with Crippen LogP contribution in [0, 0.1) is 11.2 Å². The van der Waals surface area contributed by atoms with Crippen LogP contribution >= 0.6 is 0 Å². The van der Waals surface area contributed by atoms with Crippen LogP contribution in [0.1, 0.15) is 19.4 Å². The van der Waals surface area contributed by atoms with Gasteiger partial charge in [0.2, 0.25) is 0 Å². The van der Waals surface area contributed by atoms with Crippen LogP contribution in [0.5, 0.6) is 0 Å². The molecule has 0 saturated heterocycles. The second-order valence-electron chi connectivity index (χ2n) is 6.79. The molecule has 5 heteroatoms. The van der Waals surface area contributed by atoms with Gasteiger partial charge in [-0.25, -0.2) is 4.39 Å². The van der Waals surface area contributed by atoms with E-state index < -0.39 is 6.10 Å². The molecule has 4 nitrogen and oxygen atoms in total. The first-order valence-electron chi connectivity index (χ1n) is 7.65. The van der Waals surface area contributed by atoms with Crippen molar-refractivity contribution in [1.82, 2.24) is 10.2 Å². The minimum Gasteiger partial charge on any atom is -0.389 e. The molecule has 0 unspecified atom stereocenters. The number of hydrogen-bond donors (Lipinski definition) is 2. The Labute approximate surface area is 133 Å². The molecule has 0 aliphatic carbocycles. The average molecular weight is 312 g/mol. The van der Waals surface area contributed by atoms with E-state index in [1.165, 1.54) is 6.07 Å². The zero-order valence-electron chi connectivity index (χ0n) is 14.1. The van der Waals surface area contributed by atoms with Crippen LogP contribution in [0.2, 0.25) is 0 Å². The Bertz CT molecular complexity index is 438. The number of halogens is 1. The maximum absolute atomic E-state index is 13.4. The lowest BCUT2D eigenvalue weighted by Gasteiger charge is -2.29. The van der Waals surface area contributed by atoms with E-state index in [4.69, 9.17) is 4.74 Å². The van der Waals surface area contributed by atoms with Gasteiger partial charge in [0, 0.05) is 25.2 Å². The quantitative estimate of drug-likeness (QED) is 0.692. The van der Waals surface area contributed by atoms with Gasteiger partial charge in [-0.15, -0.1) is 0 Å². The monoisotopic (exact) mass is 312 g/mol. The van der Waals surface area contributed by atoms with Gasteiger partial charge in [-0.1, -0.05) is 32.0 Å². The van der Waals surface area contributed by atoms with Gasteiger partial charge in [0.05, 0.1) is 19.3 Å². The first-order valence-corrected chi connectivity index (χ1v) is 7.65. The van der Waals surface area contributed by atoms with Gasteiger partial charge >= 0.3 is 0 Å². The van der Waals surface area contributed by atoms with E-state index in [1.54, 1.807) is 18.2 Å². The van der Waals surface area contributed by atoms with Gasteiger partial charge in [-0.2, -0.15) is 0 Å². The second-order valence-corrected chi connectivity index (χ2v) is 6.79. The van der Waals surface area contributed by atoms with Crippen LogP contribution < -0.4 is 5.32 Å². The second kappa shape index (κ2) is 9.20. The van der Waals surface area contributed by atoms with Gasteiger partial charge < -0.3 is 20.1 Å². The summed E-state index contributed by atoms with van der Waals surface area (Å²) < 4.78 is 18.8. The summed E-state index contributed by atoms with van der Waals surface area (Å²) in [7, 11) is 4.10. The van der Waals surface area contributed by atoms with E-state index in [0.717, 1.165) is 13.1 Å². The summed E-state index contributed by atoms with van der Waals surface area (Å²) in [6.45, 7) is 6.98. The average Bonchev–Trinajstić information content (AvgIpc) is 2.39. The summed E-state index contributed by atoms with van der Waals surface area (Å²) in [5.41, 5.74) is 0.645. The van der Waals surface area contributed by atoms with Crippen LogP contribution in [0.15, 0.2) is 24.3 Å². The largest absolute Gasteiger partial charge is 0.389 e. The standard InChI is InChI=1S/C17H29FN2O2/c1-17(2,13-20(3)4)12-19-9-15(21)11-22-10-14-7-5-6-8-16(14)18/h5-8,15,19,21H,9-13H2,1-4H3/t15-/m0/s1. The van der Waals surface area contributed by atoms with Crippen molar-refractivity contribution >= 4 is 0 Å². The van der Waals surface area contributed by atoms with E-state index in [1.807, 2.05) is 14.1 Å². The van der Waals surface area contributed by atoms with Gasteiger partial charge in [-0.05, 0) is 25.6 Å². The Morgan fingerprint density at radius 2 is 2.00 bits per heavy atom. The molecule has 1 atom stereocenters. The summed E-state index contributed by atoms with van der Waals surface area (Å²) in [5.74, 6) is -0.277. The molecule has 126 valence electrons. The van der Waals surface area contributed by atoms with Crippen molar-refractivity contribution < 1.29 is 14.2 Å². The smallest absolute Gasteiger partial charge is 0.128 e. The van der Waals surface area contributed by atoms with Crippen LogP contribution in [0.4, 0.5) is 4.39 Å². The molecule has 1 aromatic rings. The molecule has 1 aromatic carbocycles. The summed E-state index contributed by atoms with van der Waals surface area (Å²) in [5, 5.41) is 13.1. The first-order chi connectivity index (χ1) is 10.3. The maximum atomic E-state index is 13.4. The number of rotatable bonds is 10. The molecule has 22 heavy (non-hydrogen) atoms. The molecule has 1 rings (SSSR count). The highest BCUT2D eigenvalue weighted by Gasteiger charge is 2.18. The third-order valence-corrected chi connectivity index (χ3v) is 3.25. The Morgan fingerprint density at radius 1 is 1.32 bits per heavy atom. The Hall–Kier alpha value is -1.01. The minimum atomic E-state index is -0.595. The molecule has 2 N–H and O–H groups in total.